The predicted octanol–water partition coefficient (Wildman–Crippen LogP) is 2.95. The lowest BCUT2D eigenvalue weighted by atomic mass is 10.1. The minimum Gasteiger partial charge on any atom is -0.447 e. The number of aryl methyl sites for hydroxylation is 1. The van der Waals surface area contributed by atoms with Gasteiger partial charge in [0.15, 0.2) is 0 Å². The fourth-order valence-electron chi connectivity index (χ4n) is 4.88. The number of rotatable bonds is 6. The maximum Gasteiger partial charge on any atom is 0.414 e. The SMILES string of the molecule is Cc1cc(C2CC2)cnc1N1CCN(C(=O)c2ccc(N3C(=O)OCC3C)cc2NS(C)(=O)=O)CC1. The Bertz CT molecular complexity index is 1300. The minimum atomic E-state index is -3.66. The molecule has 1 N–H and O–H groups in total. The summed E-state index contributed by atoms with van der Waals surface area (Å²) in [7, 11) is -3.66. The molecule has 3 aliphatic rings. The van der Waals surface area contributed by atoms with Crippen LogP contribution in [0, 0.1) is 6.92 Å². The van der Waals surface area contributed by atoms with E-state index < -0.39 is 16.1 Å². The molecule has 1 unspecified atom stereocenters. The van der Waals surface area contributed by atoms with Gasteiger partial charge < -0.3 is 14.5 Å². The van der Waals surface area contributed by atoms with Gasteiger partial charge in [-0.2, -0.15) is 0 Å². The van der Waals surface area contributed by atoms with Crippen LogP contribution in [0.15, 0.2) is 30.5 Å². The number of aromatic nitrogens is 1. The highest BCUT2D eigenvalue weighted by atomic mass is 32.2. The topological polar surface area (TPSA) is 112 Å². The van der Waals surface area contributed by atoms with E-state index in [1.165, 1.54) is 29.4 Å². The molecule has 1 aromatic carbocycles. The van der Waals surface area contributed by atoms with Crippen molar-refractivity contribution in [1.29, 1.82) is 0 Å². The van der Waals surface area contributed by atoms with Gasteiger partial charge in [-0.3, -0.25) is 14.4 Å². The number of pyridine rings is 1. The lowest BCUT2D eigenvalue weighted by Gasteiger charge is -2.36. The second-order valence-corrected chi connectivity index (χ2v) is 11.6. The van der Waals surface area contributed by atoms with E-state index in [1.54, 1.807) is 17.0 Å². The number of carbonyl (C=O) groups is 2. The van der Waals surface area contributed by atoms with Crippen molar-refractivity contribution in [3.8, 4) is 0 Å². The fourth-order valence-corrected chi connectivity index (χ4v) is 5.45. The van der Waals surface area contributed by atoms with Crippen molar-refractivity contribution in [3.05, 3.63) is 47.2 Å². The van der Waals surface area contributed by atoms with Crippen molar-refractivity contribution in [1.82, 2.24) is 9.88 Å². The summed E-state index contributed by atoms with van der Waals surface area (Å²) >= 11 is 0. The van der Waals surface area contributed by atoms with E-state index in [2.05, 4.69) is 22.6 Å². The first kappa shape index (κ1) is 24.4. The molecule has 0 bridgehead atoms. The van der Waals surface area contributed by atoms with Gasteiger partial charge in [-0.15, -0.1) is 0 Å². The van der Waals surface area contributed by atoms with Crippen LogP contribution in [0.2, 0.25) is 0 Å². The summed E-state index contributed by atoms with van der Waals surface area (Å²) in [4.78, 5) is 35.7. The van der Waals surface area contributed by atoms with E-state index in [4.69, 9.17) is 9.72 Å². The molecule has 2 saturated heterocycles. The van der Waals surface area contributed by atoms with Gasteiger partial charge in [0.05, 0.1) is 23.5 Å². The molecule has 5 rings (SSSR count). The number of benzene rings is 1. The number of hydrogen-bond acceptors (Lipinski definition) is 7. The summed E-state index contributed by atoms with van der Waals surface area (Å²) < 4.78 is 31.7. The number of ether oxygens (including phenoxy) is 1. The van der Waals surface area contributed by atoms with E-state index in [1.807, 2.05) is 13.1 Å². The number of nitrogens with one attached hydrogen (secondary N) is 1. The normalized spacial score (nSPS) is 20.5. The van der Waals surface area contributed by atoms with E-state index in [0.29, 0.717) is 37.8 Å². The number of nitrogens with zero attached hydrogens (tertiary/aromatic N) is 4. The summed E-state index contributed by atoms with van der Waals surface area (Å²) in [6.45, 7) is 6.39. The Labute approximate surface area is 211 Å². The van der Waals surface area contributed by atoms with Gasteiger partial charge in [0.1, 0.15) is 12.4 Å². The standard InChI is InChI=1S/C25H31N5O5S/c1-16-12-19(18-4-5-18)14-26-23(16)28-8-10-29(11-9-28)24(31)21-7-6-20(13-22(21)27-36(3,33)34)30-17(2)15-35-25(30)32/h6-7,12-14,17-18,27H,4-5,8-11,15H2,1-3H3. The molecule has 1 aromatic heterocycles. The van der Waals surface area contributed by atoms with E-state index >= 15 is 0 Å². The van der Waals surface area contributed by atoms with Gasteiger partial charge in [0.25, 0.3) is 5.91 Å². The number of piperazine rings is 1. The summed E-state index contributed by atoms with van der Waals surface area (Å²) in [5.74, 6) is 1.33. The molecule has 0 radical (unpaired) electrons. The number of cyclic esters (lactones) is 1. The van der Waals surface area contributed by atoms with Gasteiger partial charge in [-0.1, -0.05) is 6.07 Å². The minimum absolute atomic E-state index is 0.141. The number of sulfonamides is 1. The Kier molecular flexibility index (Phi) is 6.27. The summed E-state index contributed by atoms with van der Waals surface area (Å²) in [6.07, 6.45) is 4.97. The van der Waals surface area contributed by atoms with Crippen LogP contribution in [0.3, 0.4) is 0 Å². The third-order valence-electron chi connectivity index (χ3n) is 6.88. The summed E-state index contributed by atoms with van der Waals surface area (Å²) in [6, 6.07) is 6.75. The average Bonchev–Trinajstić information content (AvgIpc) is 3.62. The van der Waals surface area contributed by atoms with E-state index in [-0.39, 0.29) is 29.8 Å². The monoisotopic (exact) mass is 513 g/mol. The van der Waals surface area contributed by atoms with E-state index in [9.17, 15) is 18.0 Å². The highest BCUT2D eigenvalue weighted by molar-refractivity contribution is 7.92. The number of anilines is 3. The van der Waals surface area contributed by atoms with Gasteiger partial charge in [-0.05, 0) is 61.9 Å². The Morgan fingerprint density at radius 2 is 1.86 bits per heavy atom. The second kappa shape index (κ2) is 9.27. The number of hydrogen-bond donors (Lipinski definition) is 1. The third kappa shape index (κ3) is 4.97. The highest BCUT2D eigenvalue weighted by Crippen LogP contribution is 2.40. The lowest BCUT2D eigenvalue weighted by molar-refractivity contribution is 0.0747. The predicted molar refractivity (Wildman–Crippen MR) is 137 cm³/mol. The molecular formula is C25H31N5O5S. The van der Waals surface area contributed by atoms with Gasteiger partial charge >= 0.3 is 6.09 Å². The van der Waals surface area contributed by atoms with Crippen LogP contribution in [0.25, 0.3) is 0 Å². The largest absolute Gasteiger partial charge is 0.447 e. The molecule has 36 heavy (non-hydrogen) atoms. The summed E-state index contributed by atoms with van der Waals surface area (Å²) in [5, 5.41) is 0. The van der Waals surface area contributed by atoms with Gasteiger partial charge in [0.2, 0.25) is 10.0 Å². The van der Waals surface area contributed by atoms with Crippen LogP contribution in [0.1, 0.15) is 47.2 Å². The summed E-state index contributed by atoms with van der Waals surface area (Å²) in [5.41, 5.74) is 3.29. The molecular weight excluding hydrogens is 482 g/mol. The molecule has 0 spiro atoms. The molecule has 2 aliphatic heterocycles. The molecule has 3 heterocycles. The zero-order valence-corrected chi connectivity index (χ0v) is 21.5. The highest BCUT2D eigenvalue weighted by Gasteiger charge is 2.33. The smallest absolute Gasteiger partial charge is 0.414 e. The van der Waals surface area contributed by atoms with Crippen LogP contribution in [0.4, 0.5) is 22.0 Å². The van der Waals surface area contributed by atoms with Gasteiger partial charge in [0, 0.05) is 38.1 Å². The quantitative estimate of drug-likeness (QED) is 0.632. The molecule has 11 heteroatoms. The number of carbonyl (C=O) groups excluding carboxylic acids is 2. The molecule has 192 valence electrons. The van der Waals surface area contributed by atoms with Crippen molar-refractivity contribution in [2.75, 3.05) is 53.6 Å². The molecule has 3 fully saturated rings. The van der Waals surface area contributed by atoms with E-state index in [0.717, 1.165) is 17.6 Å². The first-order valence-electron chi connectivity index (χ1n) is 12.2. The third-order valence-corrected chi connectivity index (χ3v) is 7.47. The van der Waals surface area contributed by atoms with Crippen molar-refractivity contribution in [2.24, 2.45) is 0 Å². The molecule has 2 amide bonds. The zero-order valence-electron chi connectivity index (χ0n) is 20.7. The van der Waals surface area contributed by atoms with Crippen molar-refractivity contribution < 1.29 is 22.7 Å². The van der Waals surface area contributed by atoms with Crippen LogP contribution >= 0.6 is 0 Å². The van der Waals surface area contributed by atoms with Crippen LogP contribution in [-0.4, -0.2) is 75.4 Å². The Balaban J connectivity index is 1.33. The van der Waals surface area contributed by atoms with Crippen molar-refractivity contribution in [2.45, 2.75) is 38.6 Å². The molecule has 1 aliphatic carbocycles. The molecule has 10 nitrogen and oxygen atoms in total. The van der Waals surface area contributed by atoms with Gasteiger partial charge in [-0.25, -0.2) is 18.2 Å². The zero-order chi connectivity index (χ0) is 25.6. The Morgan fingerprint density at radius 3 is 2.44 bits per heavy atom. The maximum atomic E-state index is 13.5. The lowest BCUT2D eigenvalue weighted by Crippen LogP contribution is -2.49. The van der Waals surface area contributed by atoms with Crippen molar-refractivity contribution in [3.63, 3.8) is 0 Å². The van der Waals surface area contributed by atoms with Crippen LogP contribution < -0.4 is 14.5 Å². The molecule has 1 saturated carbocycles. The number of amides is 2. The second-order valence-electron chi connectivity index (χ2n) is 9.86. The Morgan fingerprint density at radius 1 is 1.14 bits per heavy atom. The molecule has 1 atom stereocenters. The first-order valence-corrected chi connectivity index (χ1v) is 14.1. The fraction of sp³-hybridized carbons (Fsp3) is 0.480. The Hall–Kier alpha value is -3.34. The van der Waals surface area contributed by atoms with Crippen molar-refractivity contribution >= 4 is 39.2 Å². The molecule has 2 aromatic rings. The van der Waals surface area contributed by atoms with Crippen LogP contribution in [0.5, 0.6) is 0 Å². The first-order chi connectivity index (χ1) is 17.1. The average molecular weight is 514 g/mol. The van der Waals surface area contributed by atoms with Crippen LogP contribution in [-0.2, 0) is 14.8 Å². The maximum absolute atomic E-state index is 13.5.